The number of aromatic hydroxyl groups is 1. The molecule has 0 fully saturated rings. The van der Waals surface area contributed by atoms with Gasteiger partial charge < -0.3 is 9.84 Å². The summed E-state index contributed by atoms with van der Waals surface area (Å²) in [5, 5.41) is 9.48. The van der Waals surface area contributed by atoms with Gasteiger partial charge in [0.15, 0.2) is 0 Å². The maximum atomic E-state index is 11.3. The predicted molar refractivity (Wildman–Crippen MR) is 69.5 cm³/mol. The van der Waals surface area contributed by atoms with Crippen molar-refractivity contribution in [3.8, 4) is 5.75 Å². The van der Waals surface area contributed by atoms with Crippen molar-refractivity contribution >= 4 is 51.2 Å². The number of phenolic OH excluding ortho intramolecular Hbond substituents is 1. The number of rotatable bonds is 2. The third-order valence-electron chi connectivity index (χ3n) is 1.53. The topological polar surface area (TPSA) is 46.5 Å². The number of hydrogen-bond donors (Lipinski definition) is 1. The number of carbonyl (C=O) groups is 1. The maximum Gasteiger partial charge on any atom is 0.338 e. The fourth-order valence-corrected chi connectivity index (χ4v) is 2.67. The van der Waals surface area contributed by atoms with E-state index in [2.05, 4.69) is 0 Å². The van der Waals surface area contributed by atoms with Gasteiger partial charge in [-0.25, -0.2) is 4.79 Å². The van der Waals surface area contributed by atoms with Gasteiger partial charge in [-0.05, 0) is 64.2 Å². The Kier molecular flexibility index (Phi) is 4.42. The summed E-state index contributed by atoms with van der Waals surface area (Å²) < 4.78 is 6.15. The standard InChI is InChI=1S/C9H8I2O3/c1-2-14-9(13)5-3-6(10)8(12)7(11)4-5/h3-4,12H,2H2,1H3. The van der Waals surface area contributed by atoms with E-state index in [0.29, 0.717) is 19.3 Å². The fraction of sp³-hybridized carbons (Fsp3) is 0.222. The molecule has 0 heterocycles. The Morgan fingerprint density at radius 2 is 1.93 bits per heavy atom. The zero-order chi connectivity index (χ0) is 10.7. The number of esters is 1. The van der Waals surface area contributed by atoms with E-state index in [1.54, 1.807) is 19.1 Å². The summed E-state index contributed by atoms with van der Waals surface area (Å²) >= 11 is 3.95. The third kappa shape index (κ3) is 2.72. The first-order valence-corrected chi connectivity index (χ1v) is 6.07. The SMILES string of the molecule is CCOC(=O)c1cc(I)c(O)c(I)c1. The number of benzene rings is 1. The molecule has 76 valence electrons. The van der Waals surface area contributed by atoms with E-state index >= 15 is 0 Å². The number of phenols is 1. The van der Waals surface area contributed by atoms with Crippen LogP contribution >= 0.6 is 45.2 Å². The van der Waals surface area contributed by atoms with Crippen molar-refractivity contribution < 1.29 is 14.6 Å². The molecule has 1 N–H and O–H groups in total. The highest BCUT2D eigenvalue weighted by molar-refractivity contribution is 14.1. The summed E-state index contributed by atoms with van der Waals surface area (Å²) in [7, 11) is 0. The van der Waals surface area contributed by atoms with Crippen LogP contribution in [-0.2, 0) is 4.74 Å². The Morgan fingerprint density at radius 3 is 2.36 bits per heavy atom. The van der Waals surface area contributed by atoms with Crippen LogP contribution < -0.4 is 0 Å². The zero-order valence-corrected chi connectivity index (χ0v) is 11.7. The molecule has 0 saturated carbocycles. The normalized spacial score (nSPS) is 9.93. The van der Waals surface area contributed by atoms with Gasteiger partial charge in [-0.3, -0.25) is 0 Å². The zero-order valence-electron chi connectivity index (χ0n) is 7.38. The lowest BCUT2D eigenvalue weighted by molar-refractivity contribution is 0.0526. The summed E-state index contributed by atoms with van der Waals surface area (Å²) in [4.78, 5) is 11.3. The van der Waals surface area contributed by atoms with Crippen molar-refractivity contribution in [3.05, 3.63) is 24.8 Å². The average Bonchev–Trinajstić information content (AvgIpc) is 2.13. The van der Waals surface area contributed by atoms with E-state index in [9.17, 15) is 9.90 Å². The monoisotopic (exact) mass is 418 g/mol. The van der Waals surface area contributed by atoms with Gasteiger partial charge in [-0.2, -0.15) is 0 Å². The molecular weight excluding hydrogens is 410 g/mol. The van der Waals surface area contributed by atoms with Crippen LogP contribution in [0.1, 0.15) is 17.3 Å². The maximum absolute atomic E-state index is 11.3. The summed E-state index contributed by atoms with van der Waals surface area (Å²) in [6.07, 6.45) is 0. The molecule has 0 aliphatic rings. The van der Waals surface area contributed by atoms with Crippen LogP contribution in [0.3, 0.4) is 0 Å². The molecular formula is C9H8I2O3. The van der Waals surface area contributed by atoms with E-state index in [1.165, 1.54) is 0 Å². The lowest BCUT2D eigenvalue weighted by atomic mass is 10.2. The van der Waals surface area contributed by atoms with E-state index in [4.69, 9.17) is 4.74 Å². The molecule has 0 saturated heterocycles. The fourth-order valence-electron chi connectivity index (χ4n) is 0.898. The van der Waals surface area contributed by atoms with Crippen LogP contribution in [0.5, 0.6) is 5.75 Å². The van der Waals surface area contributed by atoms with Crippen molar-refractivity contribution in [1.82, 2.24) is 0 Å². The lowest BCUT2D eigenvalue weighted by Crippen LogP contribution is -2.05. The Hall–Kier alpha value is -0.0500. The molecule has 0 atom stereocenters. The van der Waals surface area contributed by atoms with Crippen LogP contribution in [0.15, 0.2) is 12.1 Å². The number of hydrogen-bond acceptors (Lipinski definition) is 3. The summed E-state index contributed by atoms with van der Waals surface area (Å²) in [5.41, 5.74) is 0.471. The summed E-state index contributed by atoms with van der Waals surface area (Å²) in [6, 6.07) is 3.21. The molecule has 1 aromatic rings. The molecule has 0 bridgehead atoms. The highest BCUT2D eigenvalue weighted by atomic mass is 127. The summed E-state index contributed by atoms with van der Waals surface area (Å²) in [6.45, 7) is 2.11. The minimum atomic E-state index is -0.358. The van der Waals surface area contributed by atoms with E-state index in [0.717, 1.165) is 0 Å². The molecule has 0 amide bonds. The molecule has 0 radical (unpaired) electrons. The number of carbonyl (C=O) groups excluding carboxylic acids is 1. The van der Waals surface area contributed by atoms with Crippen molar-refractivity contribution in [2.45, 2.75) is 6.92 Å². The third-order valence-corrected chi connectivity index (χ3v) is 3.17. The number of ether oxygens (including phenoxy) is 1. The van der Waals surface area contributed by atoms with E-state index < -0.39 is 0 Å². The second-order valence-corrected chi connectivity index (χ2v) is 4.83. The molecule has 1 aromatic carbocycles. The van der Waals surface area contributed by atoms with Crippen molar-refractivity contribution in [3.63, 3.8) is 0 Å². The van der Waals surface area contributed by atoms with Crippen LogP contribution in [0, 0.1) is 7.14 Å². The molecule has 5 heteroatoms. The van der Waals surface area contributed by atoms with Crippen molar-refractivity contribution in [2.24, 2.45) is 0 Å². The molecule has 1 rings (SSSR count). The highest BCUT2D eigenvalue weighted by Crippen LogP contribution is 2.27. The van der Waals surface area contributed by atoms with Gasteiger partial charge in [0.05, 0.1) is 19.3 Å². The molecule has 0 aliphatic carbocycles. The predicted octanol–water partition coefficient (Wildman–Crippen LogP) is 2.78. The van der Waals surface area contributed by atoms with Gasteiger partial charge in [0.1, 0.15) is 5.75 Å². The van der Waals surface area contributed by atoms with Crippen LogP contribution in [0.2, 0.25) is 0 Å². The second kappa shape index (κ2) is 5.15. The Bertz CT molecular complexity index is 340. The molecule has 0 aliphatic heterocycles. The van der Waals surface area contributed by atoms with Gasteiger partial charge in [-0.15, -0.1) is 0 Å². The Labute approximate surface area is 109 Å². The molecule has 3 nitrogen and oxygen atoms in total. The van der Waals surface area contributed by atoms with E-state index in [-0.39, 0.29) is 11.7 Å². The largest absolute Gasteiger partial charge is 0.506 e. The van der Waals surface area contributed by atoms with Gasteiger partial charge >= 0.3 is 5.97 Å². The smallest absolute Gasteiger partial charge is 0.338 e. The highest BCUT2D eigenvalue weighted by Gasteiger charge is 2.11. The number of halogens is 2. The average molecular weight is 418 g/mol. The molecule has 0 aromatic heterocycles. The lowest BCUT2D eigenvalue weighted by Gasteiger charge is -2.05. The van der Waals surface area contributed by atoms with Gasteiger partial charge in [0.25, 0.3) is 0 Å². The molecule has 0 unspecified atom stereocenters. The summed E-state index contributed by atoms with van der Waals surface area (Å²) in [5.74, 6) is -0.150. The first kappa shape index (κ1) is 12.0. The second-order valence-electron chi connectivity index (χ2n) is 2.51. The van der Waals surface area contributed by atoms with Gasteiger partial charge in [-0.1, -0.05) is 0 Å². The van der Waals surface area contributed by atoms with Crippen LogP contribution in [0.4, 0.5) is 0 Å². The van der Waals surface area contributed by atoms with Crippen LogP contribution in [0.25, 0.3) is 0 Å². The van der Waals surface area contributed by atoms with Crippen molar-refractivity contribution in [2.75, 3.05) is 6.61 Å². The first-order valence-electron chi connectivity index (χ1n) is 3.91. The molecule has 14 heavy (non-hydrogen) atoms. The minimum Gasteiger partial charge on any atom is -0.506 e. The van der Waals surface area contributed by atoms with Gasteiger partial charge in [0, 0.05) is 0 Å². The van der Waals surface area contributed by atoms with Crippen LogP contribution in [-0.4, -0.2) is 17.7 Å². The Morgan fingerprint density at radius 1 is 1.43 bits per heavy atom. The quantitative estimate of drug-likeness (QED) is 0.594. The Balaban J connectivity index is 3.06. The first-order chi connectivity index (χ1) is 6.56. The van der Waals surface area contributed by atoms with Crippen molar-refractivity contribution in [1.29, 1.82) is 0 Å². The van der Waals surface area contributed by atoms with Gasteiger partial charge in [0.2, 0.25) is 0 Å². The van der Waals surface area contributed by atoms with E-state index in [1.807, 2.05) is 45.2 Å². The minimum absolute atomic E-state index is 0.208. The molecule has 0 spiro atoms.